The van der Waals surface area contributed by atoms with Crippen molar-refractivity contribution in [2.45, 2.75) is 19.8 Å². The second-order valence-electron chi connectivity index (χ2n) is 2.85. The summed E-state index contributed by atoms with van der Waals surface area (Å²) in [5.74, 6) is 0. The minimum Gasteiger partial charge on any atom is -0.385 e. The number of nitrogens with one attached hydrogen (secondary N) is 1. The fraction of sp³-hybridized carbons (Fsp3) is 0.400. The second-order valence-corrected chi connectivity index (χ2v) is 2.85. The molecule has 0 saturated carbocycles. The number of benzene rings is 1. The predicted molar refractivity (Wildman–Crippen MR) is 50.2 cm³/mol. The zero-order chi connectivity index (χ0) is 9.68. The monoisotopic (exact) mass is 185 g/mol. The van der Waals surface area contributed by atoms with Gasteiger partial charge in [0.15, 0.2) is 0 Å². The van der Waals surface area contributed by atoms with E-state index >= 15 is 0 Å². The van der Waals surface area contributed by atoms with Crippen molar-refractivity contribution in [2.24, 2.45) is 0 Å². The molecule has 0 aliphatic heterocycles. The van der Waals surface area contributed by atoms with E-state index in [1.165, 1.54) is 12.1 Å². The van der Waals surface area contributed by atoms with Crippen molar-refractivity contribution in [3.8, 4) is 0 Å². The minimum absolute atomic E-state index is 0.0705. The maximum Gasteiger partial charge on any atom is 0.263 e. The standard InChI is InChI=1S/C10H13F2N/c1-2-6-13-9-5-3-4-8(7-9)10(11)12/h3-5,7,10,13H,2,6H2,1H3. The van der Waals surface area contributed by atoms with Crippen molar-refractivity contribution < 1.29 is 8.78 Å². The molecule has 1 nitrogen and oxygen atoms in total. The summed E-state index contributed by atoms with van der Waals surface area (Å²) >= 11 is 0. The van der Waals surface area contributed by atoms with Crippen molar-refractivity contribution in [3.05, 3.63) is 29.8 Å². The van der Waals surface area contributed by atoms with Crippen LogP contribution in [0.4, 0.5) is 14.5 Å². The molecule has 1 N–H and O–H groups in total. The van der Waals surface area contributed by atoms with Gasteiger partial charge in [0.2, 0.25) is 0 Å². The van der Waals surface area contributed by atoms with Crippen LogP contribution in [0.5, 0.6) is 0 Å². The third-order valence-corrected chi connectivity index (χ3v) is 1.72. The fourth-order valence-electron chi connectivity index (χ4n) is 1.05. The third kappa shape index (κ3) is 3.01. The molecular weight excluding hydrogens is 172 g/mol. The highest BCUT2D eigenvalue weighted by atomic mass is 19.3. The van der Waals surface area contributed by atoms with E-state index < -0.39 is 6.43 Å². The summed E-state index contributed by atoms with van der Waals surface area (Å²) < 4.78 is 24.5. The van der Waals surface area contributed by atoms with E-state index in [4.69, 9.17) is 0 Å². The van der Waals surface area contributed by atoms with Crippen molar-refractivity contribution in [1.82, 2.24) is 0 Å². The Morgan fingerprint density at radius 2 is 2.15 bits per heavy atom. The van der Waals surface area contributed by atoms with Crippen LogP contribution >= 0.6 is 0 Å². The Morgan fingerprint density at radius 1 is 1.38 bits per heavy atom. The molecule has 13 heavy (non-hydrogen) atoms. The van der Waals surface area contributed by atoms with Crippen molar-refractivity contribution >= 4 is 5.69 Å². The van der Waals surface area contributed by atoms with Crippen LogP contribution in [0.15, 0.2) is 24.3 Å². The van der Waals surface area contributed by atoms with Crippen LogP contribution in [-0.2, 0) is 0 Å². The van der Waals surface area contributed by atoms with Gasteiger partial charge in [0.25, 0.3) is 6.43 Å². The zero-order valence-corrected chi connectivity index (χ0v) is 7.56. The largest absolute Gasteiger partial charge is 0.385 e. The fourth-order valence-corrected chi connectivity index (χ4v) is 1.05. The van der Waals surface area contributed by atoms with Crippen LogP contribution in [0.25, 0.3) is 0 Å². The second kappa shape index (κ2) is 4.80. The number of rotatable bonds is 4. The van der Waals surface area contributed by atoms with Crippen molar-refractivity contribution in [1.29, 1.82) is 0 Å². The van der Waals surface area contributed by atoms with Gasteiger partial charge in [-0.2, -0.15) is 0 Å². The Kier molecular flexibility index (Phi) is 3.68. The zero-order valence-electron chi connectivity index (χ0n) is 7.56. The van der Waals surface area contributed by atoms with E-state index in [-0.39, 0.29) is 5.56 Å². The topological polar surface area (TPSA) is 12.0 Å². The number of alkyl halides is 2. The van der Waals surface area contributed by atoms with Crippen molar-refractivity contribution in [2.75, 3.05) is 11.9 Å². The summed E-state index contributed by atoms with van der Waals surface area (Å²) in [6.07, 6.45) is -1.40. The SMILES string of the molecule is CCCNc1cccc(C(F)F)c1. The quantitative estimate of drug-likeness (QED) is 0.757. The molecule has 1 rings (SSSR count). The molecule has 0 atom stereocenters. The maximum atomic E-state index is 12.2. The van der Waals surface area contributed by atoms with Crippen LogP contribution in [0.3, 0.4) is 0 Å². The molecule has 0 fully saturated rings. The predicted octanol–water partition coefficient (Wildman–Crippen LogP) is 3.45. The Bertz CT molecular complexity index is 261. The lowest BCUT2D eigenvalue weighted by atomic mass is 10.2. The molecule has 0 saturated heterocycles. The summed E-state index contributed by atoms with van der Waals surface area (Å²) in [7, 11) is 0. The third-order valence-electron chi connectivity index (χ3n) is 1.72. The Balaban J connectivity index is 2.68. The normalized spacial score (nSPS) is 10.5. The lowest BCUT2D eigenvalue weighted by Gasteiger charge is -2.06. The summed E-state index contributed by atoms with van der Waals surface area (Å²) in [4.78, 5) is 0. The number of halogens is 2. The van der Waals surface area contributed by atoms with Gasteiger partial charge in [0.1, 0.15) is 0 Å². The average molecular weight is 185 g/mol. The molecule has 72 valence electrons. The lowest BCUT2D eigenvalue weighted by molar-refractivity contribution is 0.151. The molecule has 0 aliphatic carbocycles. The lowest BCUT2D eigenvalue weighted by Crippen LogP contribution is -1.99. The first kappa shape index (κ1) is 9.96. The number of hydrogen-bond donors (Lipinski definition) is 1. The van der Waals surface area contributed by atoms with Gasteiger partial charge in [0, 0.05) is 17.8 Å². The summed E-state index contributed by atoms with van der Waals surface area (Å²) in [5.41, 5.74) is 0.834. The van der Waals surface area contributed by atoms with Crippen LogP contribution in [-0.4, -0.2) is 6.54 Å². The Morgan fingerprint density at radius 3 is 2.77 bits per heavy atom. The highest BCUT2D eigenvalue weighted by Crippen LogP contribution is 2.21. The summed E-state index contributed by atoms with van der Waals surface area (Å²) in [6, 6.07) is 6.35. The minimum atomic E-state index is -2.39. The van der Waals surface area contributed by atoms with Gasteiger partial charge in [-0.15, -0.1) is 0 Å². The van der Waals surface area contributed by atoms with E-state index in [2.05, 4.69) is 5.32 Å². The Labute approximate surface area is 76.8 Å². The highest BCUT2D eigenvalue weighted by Gasteiger charge is 2.05. The molecule has 0 aromatic heterocycles. The first-order valence-electron chi connectivity index (χ1n) is 4.36. The van der Waals surface area contributed by atoms with E-state index in [9.17, 15) is 8.78 Å². The molecule has 1 aromatic rings. The highest BCUT2D eigenvalue weighted by molar-refractivity contribution is 5.45. The van der Waals surface area contributed by atoms with Crippen LogP contribution in [0.1, 0.15) is 25.3 Å². The molecule has 0 radical (unpaired) electrons. The van der Waals surface area contributed by atoms with E-state index in [0.717, 1.165) is 18.7 Å². The molecule has 3 heteroatoms. The summed E-state index contributed by atoms with van der Waals surface area (Å²) in [6.45, 7) is 2.84. The van der Waals surface area contributed by atoms with Gasteiger partial charge < -0.3 is 5.32 Å². The van der Waals surface area contributed by atoms with Gasteiger partial charge >= 0.3 is 0 Å². The molecule has 0 spiro atoms. The Hall–Kier alpha value is -1.12. The summed E-state index contributed by atoms with van der Waals surface area (Å²) in [5, 5.41) is 3.06. The van der Waals surface area contributed by atoms with Crippen LogP contribution in [0.2, 0.25) is 0 Å². The van der Waals surface area contributed by atoms with Gasteiger partial charge in [0.05, 0.1) is 0 Å². The van der Waals surface area contributed by atoms with Crippen molar-refractivity contribution in [3.63, 3.8) is 0 Å². The molecule has 0 heterocycles. The smallest absolute Gasteiger partial charge is 0.263 e. The molecule has 0 aliphatic rings. The first-order valence-corrected chi connectivity index (χ1v) is 4.36. The van der Waals surface area contributed by atoms with Gasteiger partial charge in [-0.3, -0.25) is 0 Å². The maximum absolute atomic E-state index is 12.2. The van der Waals surface area contributed by atoms with E-state index in [1.807, 2.05) is 6.92 Å². The average Bonchev–Trinajstić information content (AvgIpc) is 2.15. The van der Waals surface area contributed by atoms with Gasteiger partial charge in [-0.25, -0.2) is 8.78 Å². The molecule has 1 aromatic carbocycles. The number of hydrogen-bond acceptors (Lipinski definition) is 1. The van der Waals surface area contributed by atoms with E-state index in [0.29, 0.717) is 0 Å². The first-order chi connectivity index (χ1) is 6.24. The van der Waals surface area contributed by atoms with Gasteiger partial charge in [-0.1, -0.05) is 19.1 Å². The van der Waals surface area contributed by atoms with Crippen LogP contribution in [0, 0.1) is 0 Å². The molecular formula is C10H13F2N. The van der Waals surface area contributed by atoms with E-state index in [1.54, 1.807) is 12.1 Å². The molecule has 0 bridgehead atoms. The molecule has 0 amide bonds. The number of anilines is 1. The molecule has 0 unspecified atom stereocenters. The van der Waals surface area contributed by atoms with Crippen LogP contribution < -0.4 is 5.32 Å². The van der Waals surface area contributed by atoms with Gasteiger partial charge in [-0.05, 0) is 18.6 Å².